The molecule has 1 atom stereocenters. The Bertz CT molecular complexity index is 1030. The third-order valence-electron chi connectivity index (χ3n) is 4.77. The topological polar surface area (TPSA) is 90.3 Å². The van der Waals surface area contributed by atoms with Gasteiger partial charge < -0.3 is 19.8 Å². The van der Waals surface area contributed by atoms with Gasteiger partial charge in [-0.25, -0.2) is 0 Å². The Morgan fingerprint density at radius 2 is 2.07 bits per heavy atom. The summed E-state index contributed by atoms with van der Waals surface area (Å²) in [5.74, 6) is 0.702. The number of hydrogen-bond donors (Lipinski definition) is 1. The fraction of sp³-hybridized carbons (Fsp3) is 0.364. The molecule has 2 heterocycles. The van der Waals surface area contributed by atoms with Crippen molar-refractivity contribution in [1.29, 1.82) is 5.26 Å². The Labute approximate surface area is 164 Å². The minimum absolute atomic E-state index is 0.0201. The van der Waals surface area contributed by atoms with Gasteiger partial charge in [0.25, 0.3) is 5.56 Å². The molecule has 146 valence electrons. The smallest absolute Gasteiger partial charge is 0.258 e. The lowest BCUT2D eigenvalue weighted by Gasteiger charge is -2.28. The van der Waals surface area contributed by atoms with Crippen LogP contribution in [0.4, 0.5) is 0 Å². The van der Waals surface area contributed by atoms with Gasteiger partial charge in [-0.3, -0.25) is 4.79 Å². The SMILES string of the molecule is CCOc1ccccc1[C@H]1C(C#N)=C(N)Oc2cc(C)n(CC(C)C)c(=O)c21. The summed E-state index contributed by atoms with van der Waals surface area (Å²) >= 11 is 0. The van der Waals surface area contributed by atoms with E-state index in [9.17, 15) is 10.1 Å². The van der Waals surface area contributed by atoms with Crippen LogP contribution in [0.3, 0.4) is 0 Å². The maximum atomic E-state index is 13.5. The fourth-order valence-electron chi connectivity index (χ4n) is 3.60. The second kappa shape index (κ2) is 7.81. The first kappa shape index (κ1) is 19.6. The molecule has 1 aromatic heterocycles. The quantitative estimate of drug-likeness (QED) is 0.859. The molecule has 6 heteroatoms. The van der Waals surface area contributed by atoms with Gasteiger partial charge >= 0.3 is 0 Å². The number of nitrogens with zero attached hydrogens (tertiary/aromatic N) is 2. The summed E-state index contributed by atoms with van der Waals surface area (Å²) in [4.78, 5) is 13.5. The molecular weight excluding hydrogens is 354 g/mol. The number of allylic oxidation sites excluding steroid dienone is 1. The van der Waals surface area contributed by atoms with Gasteiger partial charge in [-0.1, -0.05) is 32.0 Å². The van der Waals surface area contributed by atoms with Gasteiger partial charge in [-0.15, -0.1) is 0 Å². The number of pyridine rings is 1. The normalized spacial score (nSPS) is 15.8. The van der Waals surface area contributed by atoms with E-state index in [0.29, 0.717) is 36.1 Å². The molecule has 28 heavy (non-hydrogen) atoms. The summed E-state index contributed by atoms with van der Waals surface area (Å²) in [6.45, 7) is 8.93. The molecule has 0 amide bonds. The summed E-state index contributed by atoms with van der Waals surface area (Å²) in [6.07, 6.45) is 0. The highest BCUT2D eigenvalue weighted by atomic mass is 16.5. The molecule has 0 radical (unpaired) electrons. The van der Waals surface area contributed by atoms with Gasteiger partial charge in [0.05, 0.1) is 18.1 Å². The van der Waals surface area contributed by atoms with E-state index in [4.69, 9.17) is 15.2 Å². The van der Waals surface area contributed by atoms with Crippen molar-refractivity contribution >= 4 is 0 Å². The van der Waals surface area contributed by atoms with Gasteiger partial charge in [0.15, 0.2) is 0 Å². The van der Waals surface area contributed by atoms with E-state index in [1.165, 1.54) is 0 Å². The number of aryl methyl sites for hydroxylation is 1. The Morgan fingerprint density at radius 3 is 2.71 bits per heavy atom. The number of nitriles is 1. The zero-order valence-electron chi connectivity index (χ0n) is 16.7. The largest absolute Gasteiger partial charge is 0.494 e. The molecule has 6 nitrogen and oxygen atoms in total. The lowest BCUT2D eigenvalue weighted by Crippen LogP contribution is -2.33. The third kappa shape index (κ3) is 3.36. The predicted octanol–water partition coefficient (Wildman–Crippen LogP) is 3.43. The van der Waals surface area contributed by atoms with Crippen LogP contribution in [-0.2, 0) is 6.54 Å². The second-order valence-electron chi connectivity index (χ2n) is 7.27. The Hall–Kier alpha value is -3.20. The highest BCUT2D eigenvalue weighted by Crippen LogP contribution is 2.43. The molecule has 1 aliphatic rings. The highest BCUT2D eigenvalue weighted by molar-refractivity contribution is 5.58. The molecule has 2 aromatic rings. The fourth-order valence-corrected chi connectivity index (χ4v) is 3.60. The number of aromatic nitrogens is 1. The molecule has 1 aliphatic heterocycles. The van der Waals surface area contributed by atoms with Gasteiger partial charge in [-0.05, 0) is 25.8 Å². The molecular formula is C22H25N3O3. The van der Waals surface area contributed by atoms with E-state index < -0.39 is 5.92 Å². The molecule has 0 unspecified atom stereocenters. The number of nitrogens with two attached hydrogens (primary N) is 1. The van der Waals surface area contributed by atoms with Crippen LogP contribution in [0.25, 0.3) is 0 Å². The van der Waals surface area contributed by atoms with Crippen LogP contribution in [0.1, 0.15) is 43.5 Å². The first-order valence-electron chi connectivity index (χ1n) is 9.42. The van der Waals surface area contributed by atoms with Crippen molar-refractivity contribution in [2.24, 2.45) is 11.7 Å². The summed E-state index contributed by atoms with van der Waals surface area (Å²) in [5.41, 5.74) is 8.05. The first-order chi connectivity index (χ1) is 13.4. The van der Waals surface area contributed by atoms with Crippen molar-refractivity contribution in [1.82, 2.24) is 4.57 Å². The van der Waals surface area contributed by atoms with Crippen molar-refractivity contribution in [2.75, 3.05) is 6.61 Å². The van der Waals surface area contributed by atoms with E-state index in [1.54, 1.807) is 4.57 Å². The van der Waals surface area contributed by atoms with Gasteiger partial charge in [-0.2, -0.15) is 5.26 Å². The molecule has 0 bridgehead atoms. The number of rotatable bonds is 5. The Balaban J connectivity index is 2.32. The van der Waals surface area contributed by atoms with Crippen molar-refractivity contribution < 1.29 is 9.47 Å². The summed E-state index contributed by atoms with van der Waals surface area (Å²) in [5, 5.41) is 9.78. The standard InChI is InChI=1S/C22H25N3O3/c1-5-27-17-9-7-6-8-15(17)19-16(11-23)21(24)28-18-10-14(4)25(12-13(2)3)22(26)20(18)19/h6-10,13,19H,5,12,24H2,1-4H3/t19-/m0/s1. The first-order valence-corrected chi connectivity index (χ1v) is 9.42. The highest BCUT2D eigenvalue weighted by Gasteiger charge is 2.35. The molecule has 0 spiro atoms. The summed E-state index contributed by atoms with van der Waals surface area (Å²) in [6, 6.07) is 11.4. The number of hydrogen-bond acceptors (Lipinski definition) is 5. The molecule has 0 fully saturated rings. The van der Waals surface area contributed by atoms with Crippen LogP contribution >= 0.6 is 0 Å². The maximum Gasteiger partial charge on any atom is 0.258 e. The third-order valence-corrected chi connectivity index (χ3v) is 4.77. The molecule has 2 N–H and O–H groups in total. The van der Waals surface area contributed by atoms with Crippen molar-refractivity contribution in [2.45, 2.75) is 40.2 Å². The minimum atomic E-state index is -0.636. The van der Waals surface area contributed by atoms with Crippen LogP contribution in [-0.4, -0.2) is 11.2 Å². The number of ether oxygens (including phenoxy) is 2. The van der Waals surface area contributed by atoms with E-state index in [2.05, 4.69) is 19.9 Å². The van der Waals surface area contributed by atoms with Crippen LogP contribution in [0.2, 0.25) is 0 Å². The maximum absolute atomic E-state index is 13.5. The number of para-hydroxylation sites is 1. The van der Waals surface area contributed by atoms with Crippen molar-refractivity contribution in [3.63, 3.8) is 0 Å². The van der Waals surface area contributed by atoms with Crippen LogP contribution in [0, 0.1) is 24.2 Å². The summed E-state index contributed by atoms with van der Waals surface area (Å²) < 4.78 is 13.2. The minimum Gasteiger partial charge on any atom is -0.494 e. The number of fused-ring (bicyclic) bond motifs is 1. The number of benzene rings is 1. The van der Waals surface area contributed by atoms with E-state index in [0.717, 1.165) is 11.3 Å². The Kier molecular flexibility index (Phi) is 5.46. The molecule has 3 rings (SSSR count). The van der Waals surface area contributed by atoms with Crippen molar-refractivity contribution in [3.05, 3.63) is 69.0 Å². The zero-order valence-corrected chi connectivity index (χ0v) is 16.7. The predicted molar refractivity (Wildman–Crippen MR) is 107 cm³/mol. The van der Waals surface area contributed by atoms with Crippen LogP contribution in [0.15, 0.2) is 46.6 Å². The lowest BCUT2D eigenvalue weighted by atomic mass is 9.83. The second-order valence-corrected chi connectivity index (χ2v) is 7.27. The molecule has 0 saturated carbocycles. The zero-order chi connectivity index (χ0) is 20.4. The average molecular weight is 379 g/mol. The average Bonchev–Trinajstić information content (AvgIpc) is 2.65. The molecule has 0 saturated heterocycles. The van der Waals surface area contributed by atoms with Crippen LogP contribution in [0.5, 0.6) is 11.5 Å². The molecule has 1 aromatic carbocycles. The van der Waals surface area contributed by atoms with Gasteiger partial charge in [0.1, 0.15) is 23.1 Å². The van der Waals surface area contributed by atoms with E-state index >= 15 is 0 Å². The van der Waals surface area contributed by atoms with Crippen LogP contribution < -0.4 is 20.8 Å². The van der Waals surface area contributed by atoms with Crippen molar-refractivity contribution in [3.8, 4) is 17.6 Å². The Morgan fingerprint density at radius 1 is 1.36 bits per heavy atom. The van der Waals surface area contributed by atoms with E-state index in [-0.39, 0.29) is 17.0 Å². The van der Waals surface area contributed by atoms with E-state index in [1.807, 2.05) is 44.2 Å². The summed E-state index contributed by atoms with van der Waals surface area (Å²) in [7, 11) is 0. The van der Waals surface area contributed by atoms with Gasteiger partial charge in [0, 0.05) is 23.9 Å². The monoisotopic (exact) mass is 379 g/mol. The molecule has 0 aliphatic carbocycles. The van der Waals surface area contributed by atoms with Gasteiger partial charge in [0.2, 0.25) is 5.88 Å². The lowest BCUT2D eigenvalue weighted by molar-refractivity contribution is 0.334.